The van der Waals surface area contributed by atoms with Crippen LogP contribution in [0.1, 0.15) is 35.8 Å². The molecule has 0 aromatic heterocycles. The summed E-state index contributed by atoms with van der Waals surface area (Å²) in [6.45, 7) is 4.70. The predicted molar refractivity (Wildman–Crippen MR) is 79.0 cm³/mol. The van der Waals surface area contributed by atoms with Crippen LogP contribution in [0.15, 0.2) is 54.6 Å². The number of benzene rings is 2. The molecule has 0 saturated heterocycles. The first kappa shape index (κ1) is 13.8. The molecule has 2 unspecified atom stereocenters. The summed E-state index contributed by atoms with van der Waals surface area (Å²) in [5.74, 6) is 0. The molecule has 2 aromatic rings. The third-order valence-electron chi connectivity index (χ3n) is 3.34. The maximum atomic E-state index is 10.2. The van der Waals surface area contributed by atoms with E-state index in [1.807, 2.05) is 49.4 Å². The Morgan fingerprint density at radius 2 is 1.68 bits per heavy atom. The third kappa shape index (κ3) is 3.91. The van der Waals surface area contributed by atoms with Crippen molar-refractivity contribution in [1.82, 2.24) is 5.32 Å². The third-order valence-corrected chi connectivity index (χ3v) is 3.34. The Balaban J connectivity index is 1.92. The summed E-state index contributed by atoms with van der Waals surface area (Å²) < 4.78 is 0. The van der Waals surface area contributed by atoms with Crippen LogP contribution in [-0.2, 0) is 0 Å². The Morgan fingerprint density at radius 1 is 1.00 bits per heavy atom. The molecule has 2 atom stereocenters. The zero-order valence-electron chi connectivity index (χ0n) is 11.5. The molecule has 0 spiro atoms. The molecule has 0 aliphatic carbocycles. The van der Waals surface area contributed by atoms with Crippen LogP contribution in [0.3, 0.4) is 0 Å². The van der Waals surface area contributed by atoms with Gasteiger partial charge in [0.15, 0.2) is 0 Å². The molecule has 0 aliphatic rings. The zero-order valence-corrected chi connectivity index (χ0v) is 11.5. The molecule has 2 nitrogen and oxygen atoms in total. The summed E-state index contributed by atoms with van der Waals surface area (Å²) in [5.41, 5.74) is 3.37. The highest BCUT2D eigenvalue weighted by atomic mass is 16.3. The summed E-state index contributed by atoms with van der Waals surface area (Å²) in [6, 6.07) is 18.5. The number of aryl methyl sites for hydroxylation is 1. The van der Waals surface area contributed by atoms with Crippen LogP contribution in [-0.4, -0.2) is 11.7 Å². The summed E-state index contributed by atoms with van der Waals surface area (Å²) in [6.07, 6.45) is -0.467. The van der Waals surface area contributed by atoms with E-state index in [0.29, 0.717) is 6.54 Å². The molecule has 0 heterocycles. The van der Waals surface area contributed by atoms with Crippen molar-refractivity contribution in [2.75, 3.05) is 6.54 Å². The van der Waals surface area contributed by atoms with Gasteiger partial charge in [-0.2, -0.15) is 0 Å². The van der Waals surface area contributed by atoms with Crippen LogP contribution in [0, 0.1) is 6.92 Å². The van der Waals surface area contributed by atoms with Crippen molar-refractivity contribution >= 4 is 0 Å². The Labute approximate surface area is 115 Å². The van der Waals surface area contributed by atoms with Gasteiger partial charge in [-0.1, -0.05) is 60.2 Å². The Kier molecular flexibility index (Phi) is 4.72. The summed E-state index contributed by atoms with van der Waals surface area (Å²) in [7, 11) is 0. The van der Waals surface area contributed by atoms with Crippen LogP contribution in [0.4, 0.5) is 0 Å². The monoisotopic (exact) mass is 255 g/mol. The second-order valence-corrected chi connectivity index (χ2v) is 4.97. The van der Waals surface area contributed by atoms with Crippen molar-refractivity contribution < 1.29 is 5.11 Å². The zero-order chi connectivity index (χ0) is 13.7. The number of aliphatic hydroxyl groups excluding tert-OH is 1. The molecule has 2 heteroatoms. The number of aliphatic hydroxyl groups is 1. The van der Waals surface area contributed by atoms with Gasteiger partial charge in [0.25, 0.3) is 0 Å². The Morgan fingerprint density at radius 3 is 2.37 bits per heavy atom. The van der Waals surface area contributed by atoms with Crippen molar-refractivity contribution in [2.45, 2.75) is 26.0 Å². The van der Waals surface area contributed by atoms with E-state index in [9.17, 15) is 5.11 Å². The molecular weight excluding hydrogens is 234 g/mol. The molecule has 0 amide bonds. The normalized spacial score (nSPS) is 14.1. The van der Waals surface area contributed by atoms with Crippen LogP contribution < -0.4 is 5.32 Å². The highest BCUT2D eigenvalue weighted by molar-refractivity contribution is 5.24. The SMILES string of the molecule is Cc1cccc(C(O)CNC(C)c2ccccc2)c1. The van der Waals surface area contributed by atoms with Crippen LogP contribution in [0.5, 0.6) is 0 Å². The first-order valence-corrected chi connectivity index (χ1v) is 6.70. The van der Waals surface area contributed by atoms with Gasteiger partial charge in [-0.25, -0.2) is 0 Å². The standard InChI is InChI=1S/C17H21NO/c1-13-7-6-10-16(11-13)17(19)12-18-14(2)15-8-4-3-5-9-15/h3-11,14,17-19H,12H2,1-2H3. The topological polar surface area (TPSA) is 32.3 Å². The van der Waals surface area contributed by atoms with Crippen LogP contribution >= 0.6 is 0 Å². The van der Waals surface area contributed by atoms with Crippen LogP contribution in [0.25, 0.3) is 0 Å². The molecule has 100 valence electrons. The van der Waals surface area contributed by atoms with Crippen molar-refractivity contribution in [3.05, 3.63) is 71.3 Å². The Hall–Kier alpha value is -1.64. The molecule has 19 heavy (non-hydrogen) atoms. The highest BCUT2D eigenvalue weighted by Crippen LogP contribution is 2.16. The van der Waals surface area contributed by atoms with Gasteiger partial charge >= 0.3 is 0 Å². The molecule has 0 saturated carbocycles. The molecule has 0 fully saturated rings. The van der Waals surface area contributed by atoms with Gasteiger partial charge in [-0.05, 0) is 25.0 Å². The van der Waals surface area contributed by atoms with Gasteiger partial charge in [0.1, 0.15) is 0 Å². The lowest BCUT2D eigenvalue weighted by atomic mass is 10.1. The summed E-state index contributed by atoms with van der Waals surface area (Å²) in [4.78, 5) is 0. The van der Waals surface area contributed by atoms with E-state index >= 15 is 0 Å². The average Bonchev–Trinajstić information content (AvgIpc) is 2.45. The van der Waals surface area contributed by atoms with E-state index in [-0.39, 0.29) is 6.04 Å². The molecule has 2 rings (SSSR count). The van der Waals surface area contributed by atoms with Crippen molar-refractivity contribution in [1.29, 1.82) is 0 Å². The van der Waals surface area contributed by atoms with E-state index in [1.54, 1.807) is 0 Å². The quantitative estimate of drug-likeness (QED) is 0.858. The van der Waals surface area contributed by atoms with Gasteiger partial charge in [0.05, 0.1) is 6.10 Å². The molecule has 0 bridgehead atoms. The second-order valence-electron chi connectivity index (χ2n) is 4.97. The second kappa shape index (κ2) is 6.50. The van der Waals surface area contributed by atoms with Crippen LogP contribution in [0.2, 0.25) is 0 Å². The maximum Gasteiger partial charge on any atom is 0.0914 e. The number of nitrogens with one attached hydrogen (secondary N) is 1. The molecule has 2 N–H and O–H groups in total. The number of hydrogen-bond acceptors (Lipinski definition) is 2. The van der Waals surface area contributed by atoms with Crippen molar-refractivity contribution in [3.63, 3.8) is 0 Å². The lowest BCUT2D eigenvalue weighted by molar-refractivity contribution is 0.170. The first-order valence-electron chi connectivity index (χ1n) is 6.70. The first-order chi connectivity index (χ1) is 9.16. The van der Waals surface area contributed by atoms with Crippen molar-refractivity contribution in [3.8, 4) is 0 Å². The summed E-state index contributed by atoms with van der Waals surface area (Å²) >= 11 is 0. The average molecular weight is 255 g/mol. The van der Waals surface area contributed by atoms with Gasteiger partial charge < -0.3 is 10.4 Å². The molecule has 2 aromatic carbocycles. The molecule has 0 radical (unpaired) electrons. The minimum Gasteiger partial charge on any atom is -0.387 e. The van der Waals surface area contributed by atoms with E-state index in [1.165, 1.54) is 11.1 Å². The van der Waals surface area contributed by atoms with Gasteiger partial charge in [0, 0.05) is 12.6 Å². The number of hydrogen-bond donors (Lipinski definition) is 2. The van der Waals surface area contributed by atoms with E-state index in [2.05, 4.69) is 24.4 Å². The van der Waals surface area contributed by atoms with Crippen molar-refractivity contribution in [2.24, 2.45) is 0 Å². The summed E-state index contributed by atoms with van der Waals surface area (Å²) in [5, 5.41) is 13.5. The minimum absolute atomic E-state index is 0.237. The van der Waals surface area contributed by atoms with Gasteiger partial charge in [0.2, 0.25) is 0 Å². The maximum absolute atomic E-state index is 10.2. The van der Waals surface area contributed by atoms with E-state index < -0.39 is 6.10 Å². The smallest absolute Gasteiger partial charge is 0.0914 e. The largest absolute Gasteiger partial charge is 0.387 e. The number of rotatable bonds is 5. The Bertz CT molecular complexity index is 510. The van der Waals surface area contributed by atoms with E-state index in [4.69, 9.17) is 0 Å². The molecule has 0 aliphatic heterocycles. The fourth-order valence-corrected chi connectivity index (χ4v) is 2.14. The highest BCUT2D eigenvalue weighted by Gasteiger charge is 2.10. The predicted octanol–water partition coefficient (Wildman–Crippen LogP) is 3.38. The van der Waals surface area contributed by atoms with Gasteiger partial charge in [-0.3, -0.25) is 0 Å². The minimum atomic E-state index is -0.467. The van der Waals surface area contributed by atoms with E-state index in [0.717, 1.165) is 5.56 Å². The molecular formula is C17H21NO. The fourth-order valence-electron chi connectivity index (χ4n) is 2.14. The lowest BCUT2D eigenvalue weighted by Crippen LogP contribution is -2.24. The fraction of sp³-hybridized carbons (Fsp3) is 0.294. The van der Waals surface area contributed by atoms with Gasteiger partial charge in [-0.15, -0.1) is 0 Å². The lowest BCUT2D eigenvalue weighted by Gasteiger charge is -2.18.